The second-order valence-electron chi connectivity index (χ2n) is 5.03. The van der Waals surface area contributed by atoms with Crippen LogP contribution in [0.1, 0.15) is 38.8 Å². The Bertz CT molecular complexity index is 413. The number of guanidine groups is 1. The molecule has 7 heteroatoms. The van der Waals surface area contributed by atoms with E-state index in [9.17, 15) is 0 Å². The van der Waals surface area contributed by atoms with Crippen molar-refractivity contribution in [3.63, 3.8) is 0 Å². The number of hydrogen-bond acceptors (Lipinski definition) is 3. The standard InChI is InChI=1S/C13H26N6.HI/c1-6-14-13(15-8-7-10(2)3)16-9-12-18-17-11(4)19(12)5;/h10H,6-9H2,1-5H3,(H2,14,15,16);1H. The quantitative estimate of drug-likeness (QED) is 0.439. The highest BCUT2D eigenvalue weighted by atomic mass is 127. The van der Waals surface area contributed by atoms with Gasteiger partial charge < -0.3 is 15.2 Å². The molecule has 1 heterocycles. The zero-order valence-corrected chi connectivity index (χ0v) is 15.4. The van der Waals surface area contributed by atoms with E-state index in [-0.39, 0.29) is 24.0 Å². The Balaban J connectivity index is 0.00000361. The summed E-state index contributed by atoms with van der Waals surface area (Å²) in [4.78, 5) is 4.53. The SMILES string of the molecule is CCNC(=NCc1nnc(C)n1C)NCCC(C)C.I. The second-order valence-corrected chi connectivity index (χ2v) is 5.03. The van der Waals surface area contributed by atoms with Gasteiger partial charge in [-0.25, -0.2) is 4.99 Å². The van der Waals surface area contributed by atoms with E-state index in [0.717, 1.165) is 37.1 Å². The lowest BCUT2D eigenvalue weighted by molar-refractivity contribution is 0.573. The lowest BCUT2D eigenvalue weighted by Gasteiger charge is -2.12. The molecule has 2 N–H and O–H groups in total. The molecule has 0 fully saturated rings. The van der Waals surface area contributed by atoms with Gasteiger partial charge in [0.1, 0.15) is 12.4 Å². The van der Waals surface area contributed by atoms with Gasteiger partial charge in [-0.2, -0.15) is 0 Å². The highest BCUT2D eigenvalue weighted by Gasteiger charge is 2.04. The van der Waals surface area contributed by atoms with E-state index in [2.05, 4.69) is 46.6 Å². The van der Waals surface area contributed by atoms with Gasteiger partial charge in [0.15, 0.2) is 11.8 Å². The fraction of sp³-hybridized carbons (Fsp3) is 0.769. The Kier molecular flexibility index (Phi) is 9.52. The van der Waals surface area contributed by atoms with Crippen molar-refractivity contribution in [2.24, 2.45) is 18.0 Å². The Labute approximate surface area is 138 Å². The summed E-state index contributed by atoms with van der Waals surface area (Å²) in [6, 6.07) is 0. The molecule has 0 spiro atoms. The largest absolute Gasteiger partial charge is 0.357 e. The van der Waals surface area contributed by atoms with Crippen molar-refractivity contribution in [1.82, 2.24) is 25.4 Å². The summed E-state index contributed by atoms with van der Waals surface area (Å²) >= 11 is 0. The normalized spacial score (nSPS) is 11.4. The van der Waals surface area contributed by atoms with Gasteiger partial charge in [-0.15, -0.1) is 34.2 Å². The van der Waals surface area contributed by atoms with Crippen molar-refractivity contribution in [2.45, 2.75) is 40.7 Å². The van der Waals surface area contributed by atoms with Gasteiger partial charge >= 0.3 is 0 Å². The zero-order valence-electron chi connectivity index (χ0n) is 13.1. The lowest BCUT2D eigenvalue weighted by atomic mass is 10.1. The maximum Gasteiger partial charge on any atom is 0.191 e. The molecule has 1 rings (SSSR count). The molecule has 1 aromatic heterocycles. The molecule has 6 nitrogen and oxygen atoms in total. The minimum Gasteiger partial charge on any atom is -0.357 e. The van der Waals surface area contributed by atoms with E-state index >= 15 is 0 Å². The van der Waals surface area contributed by atoms with E-state index in [1.807, 2.05) is 18.5 Å². The summed E-state index contributed by atoms with van der Waals surface area (Å²) in [7, 11) is 1.96. The molecule has 0 saturated heterocycles. The number of nitrogens with zero attached hydrogens (tertiary/aromatic N) is 4. The predicted molar refractivity (Wildman–Crippen MR) is 93.4 cm³/mol. The average Bonchev–Trinajstić information content (AvgIpc) is 2.67. The molecule has 0 aliphatic rings. The molecule has 0 atom stereocenters. The van der Waals surface area contributed by atoms with E-state index < -0.39 is 0 Å². The van der Waals surface area contributed by atoms with Crippen LogP contribution in [0.15, 0.2) is 4.99 Å². The maximum atomic E-state index is 4.53. The van der Waals surface area contributed by atoms with E-state index in [4.69, 9.17) is 0 Å². The van der Waals surface area contributed by atoms with Crippen molar-refractivity contribution in [2.75, 3.05) is 13.1 Å². The van der Waals surface area contributed by atoms with Crippen molar-refractivity contribution in [3.8, 4) is 0 Å². The topological polar surface area (TPSA) is 67.1 Å². The van der Waals surface area contributed by atoms with Crippen molar-refractivity contribution >= 4 is 29.9 Å². The van der Waals surface area contributed by atoms with Gasteiger partial charge in [-0.1, -0.05) is 13.8 Å². The van der Waals surface area contributed by atoms with Crippen LogP contribution in [0.4, 0.5) is 0 Å². The summed E-state index contributed by atoms with van der Waals surface area (Å²) in [5.41, 5.74) is 0. The first-order chi connectivity index (χ1) is 9.04. The number of halogens is 1. The number of aryl methyl sites for hydroxylation is 1. The molecule has 20 heavy (non-hydrogen) atoms. The fourth-order valence-electron chi connectivity index (χ4n) is 1.56. The number of rotatable bonds is 6. The highest BCUT2D eigenvalue weighted by Crippen LogP contribution is 1.99. The molecular weight excluding hydrogens is 367 g/mol. The van der Waals surface area contributed by atoms with Gasteiger partial charge in [0, 0.05) is 20.1 Å². The van der Waals surface area contributed by atoms with Crippen LogP contribution in [-0.2, 0) is 13.6 Å². The van der Waals surface area contributed by atoms with Crippen LogP contribution < -0.4 is 10.6 Å². The van der Waals surface area contributed by atoms with Gasteiger partial charge in [0.25, 0.3) is 0 Å². The zero-order chi connectivity index (χ0) is 14.3. The monoisotopic (exact) mass is 394 g/mol. The molecule has 0 saturated carbocycles. The van der Waals surface area contributed by atoms with Crippen LogP contribution >= 0.6 is 24.0 Å². The first-order valence-electron chi connectivity index (χ1n) is 6.91. The summed E-state index contributed by atoms with van der Waals surface area (Å²) in [5.74, 6) is 3.31. The van der Waals surface area contributed by atoms with E-state index in [1.165, 1.54) is 0 Å². The average molecular weight is 394 g/mol. The minimum absolute atomic E-state index is 0. The summed E-state index contributed by atoms with van der Waals surface area (Å²) in [6.45, 7) is 10.8. The van der Waals surface area contributed by atoms with Gasteiger partial charge in [0.2, 0.25) is 0 Å². The van der Waals surface area contributed by atoms with Crippen molar-refractivity contribution in [1.29, 1.82) is 0 Å². The van der Waals surface area contributed by atoms with Crippen molar-refractivity contribution < 1.29 is 0 Å². The number of nitrogens with one attached hydrogen (secondary N) is 2. The minimum atomic E-state index is 0. The summed E-state index contributed by atoms with van der Waals surface area (Å²) in [6.07, 6.45) is 1.13. The van der Waals surface area contributed by atoms with Crippen molar-refractivity contribution in [3.05, 3.63) is 11.6 Å². The number of aromatic nitrogens is 3. The third-order valence-electron chi connectivity index (χ3n) is 2.92. The Morgan fingerprint density at radius 2 is 2.00 bits per heavy atom. The van der Waals surface area contributed by atoms with Crippen LogP contribution in [-0.4, -0.2) is 33.8 Å². The summed E-state index contributed by atoms with van der Waals surface area (Å²) < 4.78 is 1.96. The van der Waals surface area contributed by atoms with E-state index in [1.54, 1.807) is 0 Å². The molecule has 1 aromatic rings. The molecule has 0 aliphatic carbocycles. The fourth-order valence-corrected chi connectivity index (χ4v) is 1.56. The number of hydrogen-bond donors (Lipinski definition) is 2. The molecule has 0 bridgehead atoms. The lowest BCUT2D eigenvalue weighted by Crippen LogP contribution is -2.38. The van der Waals surface area contributed by atoms with Crippen LogP contribution in [0.2, 0.25) is 0 Å². The van der Waals surface area contributed by atoms with E-state index in [0.29, 0.717) is 12.5 Å². The van der Waals surface area contributed by atoms with Gasteiger partial charge in [-0.05, 0) is 26.2 Å². The van der Waals surface area contributed by atoms with Crippen LogP contribution in [0, 0.1) is 12.8 Å². The third kappa shape index (κ3) is 6.53. The van der Waals surface area contributed by atoms with Crippen LogP contribution in [0.25, 0.3) is 0 Å². The smallest absolute Gasteiger partial charge is 0.191 e. The molecule has 116 valence electrons. The molecular formula is C13H27IN6. The van der Waals surface area contributed by atoms with Gasteiger partial charge in [-0.3, -0.25) is 0 Å². The van der Waals surface area contributed by atoms with Crippen LogP contribution in [0.5, 0.6) is 0 Å². The highest BCUT2D eigenvalue weighted by molar-refractivity contribution is 14.0. The Morgan fingerprint density at radius 3 is 2.50 bits per heavy atom. The predicted octanol–water partition coefficient (Wildman–Crippen LogP) is 1.84. The van der Waals surface area contributed by atoms with Crippen LogP contribution in [0.3, 0.4) is 0 Å². The molecule has 0 unspecified atom stereocenters. The molecule has 0 amide bonds. The third-order valence-corrected chi connectivity index (χ3v) is 2.92. The maximum absolute atomic E-state index is 4.53. The second kappa shape index (κ2) is 9.95. The number of aliphatic imine (C=N–C) groups is 1. The van der Waals surface area contributed by atoms with Gasteiger partial charge in [0.05, 0.1) is 0 Å². The Hall–Kier alpha value is -0.860. The first-order valence-corrected chi connectivity index (χ1v) is 6.91. The summed E-state index contributed by atoms with van der Waals surface area (Å²) in [5, 5.41) is 14.7. The molecule has 0 radical (unpaired) electrons. The Morgan fingerprint density at radius 1 is 1.30 bits per heavy atom. The molecule has 0 aliphatic heterocycles. The first kappa shape index (κ1) is 19.1. The molecule has 0 aromatic carbocycles.